The minimum atomic E-state index is 0.114. The molecule has 0 aliphatic carbocycles. The first-order valence-corrected chi connectivity index (χ1v) is 7.09. The Morgan fingerprint density at radius 1 is 1.10 bits per heavy atom. The fourth-order valence-corrected chi connectivity index (χ4v) is 2.43. The number of ether oxygens (including phenoxy) is 3. The van der Waals surface area contributed by atoms with Crippen molar-refractivity contribution in [1.29, 1.82) is 0 Å². The van der Waals surface area contributed by atoms with Crippen molar-refractivity contribution in [3.63, 3.8) is 0 Å². The molecule has 0 radical (unpaired) electrons. The largest absolute Gasteiger partial charge is 0.493 e. The highest BCUT2D eigenvalue weighted by molar-refractivity contribution is 5.44. The lowest BCUT2D eigenvalue weighted by molar-refractivity contribution is 0.00455. The molecule has 0 saturated heterocycles. The fraction of sp³-hybridized carbons (Fsp3) is 0.625. The summed E-state index contributed by atoms with van der Waals surface area (Å²) in [6.45, 7) is 7.07. The van der Waals surface area contributed by atoms with Gasteiger partial charge in [0.1, 0.15) is 0 Å². The Kier molecular flexibility index (Phi) is 6.82. The van der Waals surface area contributed by atoms with Crippen LogP contribution >= 0.6 is 0 Å². The molecule has 4 heteroatoms. The Hall–Kier alpha value is -1.26. The smallest absolute Gasteiger partial charge is 0.161 e. The van der Waals surface area contributed by atoms with Gasteiger partial charge in [0.15, 0.2) is 11.5 Å². The molecule has 1 aromatic rings. The minimum Gasteiger partial charge on any atom is -0.493 e. The van der Waals surface area contributed by atoms with Crippen LogP contribution in [0.1, 0.15) is 32.4 Å². The van der Waals surface area contributed by atoms with Gasteiger partial charge in [0.05, 0.1) is 26.4 Å². The zero-order valence-electron chi connectivity index (χ0n) is 13.4. The number of methoxy groups -OCH3 is 2. The topological polar surface area (TPSA) is 39.7 Å². The standard InChI is InChI=1S/C16H27NO3/c1-7-20-16(11(2)3)15(17-4)12-8-9-13(18-5)14(10-12)19-6/h8-11,15-17H,7H2,1-6H3. The zero-order chi connectivity index (χ0) is 15.1. The minimum absolute atomic E-state index is 0.114. The molecule has 0 aliphatic heterocycles. The van der Waals surface area contributed by atoms with Gasteiger partial charge in [0, 0.05) is 6.61 Å². The predicted molar refractivity (Wildman–Crippen MR) is 81.6 cm³/mol. The lowest BCUT2D eigenvalue weighted by Gasteiger charge is -2.30. The van der Waals surface area contributed by atoms with Gasteiger partial charge in [-0.25, -0.2) is 0 Å². The Morgan fingerprint density at radius 3 is 2.20 bits per heavy atom. The monoisotopic (exact) mass is 281 g/mol. The summed E-state index contributed by atoms with van der Waals surface area (Å²) in [4.78, 5) is 0. The molecule has 1 rings (SSSR count). The third-order valence-electron chi connectivity index (χ3n) is 3.42. The van der Waals surface area contributed by atoms with Crippen LogP contribution in [0.25, 0.3) is 0 Å². The molecule has 114 valence electrons. The molecule has 0 saturated carbocycles. The fourth-order valence-electron chi connectivity index (χ4n) is 2.43. The van der Waals surface area contributed by atoms with Crippen molar-refractivity contribution in [1.82, 2.24) is 5.32 Å². The van der Waals surface area contributed by atoms with Crippen molar-refractivity contribution in [3.05, 3.63) is 23.8 Å². The van der Waals surface area contributed by atoms with E-state index >= 15 is 0 Å². The lowest BCUT2D eigenvalue weighted by atomic mass is 9.93. The van der Waals surface area contributed by atoms with E-state index < -0.39 is 0 Å². The first-order chi connectivity index (χ1) is 9.58. The van der Waals surface area contributed by atoms with Crippen LogP contribution in [0.15, 0.2) is 18.2 Å². The van der Waals surface area contributed by atoms with Crippen LogP contribution in [-0.2, 0) is 4.74 Å². The van der Waals surface area contributed by atoms with Gasteiger partial charge in [0.2, 0.25) is 0 Å². The van der Waals surface area contributed by atoms with Crippen molar-refractivity contribution in [2.24, 2.45) is 5.92 Å². The summed E-state index contributed by atoms with van der Waals surface area (Å²) < 4.78 is 16.6. The molecule has 1 N–H and O–H groups in total. The second kappa shape index (κ2) is 8.12. The maximum Gasteiger partial charge on any atom is 0.161 e. The summed E-state index contributed by atoms with van der Waals surface area (Å²) in [6.07, 6.45) is 0.114. The summed E-state index contributed by atoms with van der Waals surface area (Å²) in [6, 6.07) is 6.11. The van der Waals surface area contributed by atoms with Gasteiger partial charge in [0.25, 0.3) is 0 Å². The van der Waals surface area contributed by atoms with Crippen LogP contribution in [-0.4, -0.2) is 34.0 Å². The second-order valence-corrected chi connectivity index (χ2v) is 5.04. The normalized spacial score (nSPS) is 14.2. The van der Waals surface area contributed by atoms with Crippen molar-refractivity contribution >= 4 is 0 Å². The van der Waals surface area contributed by atoms with Crippen LogP contribution in [0, 0.1) is 5.92 Å². The number of benzene rings is 1. The summed E-state index contributed by atoms with van der Waals surface area (Å²) in [5, 5.41) is 3.35. The Morgan fingerprint density at radius 2 is 1.75 bits per heavy atom. The zero-order valence-corrected chi connectivity index (χ0v) is 13.4. The van der Waals surface area contributed by atoms with E-state index in [2.05, 4.69) is 25.2 Å². The van der Waals surface area contributed by atoms with Crippen molar-refractivity contribution in [3.8, 4) is 11.5 Å². The maximum atomic E-state index is 5.91. The van der Waals surface area contributed by atoms with E-state index in [0.29, 0.717) is 12.5 Å². The van der Waals surface area contributed by atoms with E-state index in [9.17, 15) is 0 Å². The number of hydrogen-bond donors (Lipinski definition) is 1. The van der Waals surface area contributed by atoms with Crippen molar-refractivity contribution < 1.29 is 14.2 Å². The average Bonchev–Trinajstić information content (AvgIpc) is 2.46. The molecule has 0 amide bonds. The lowest BCUT2D eigenvalue weighted by Crippen LogP contribution is -2.35. The summed E-state index contributed by atoms with van der Waals surface area (Å²) in [5.74, 6) is 1.90. The van der Waals surface area contributed by atoms with Gasteiger partial charge in [-0.05, 0) is 37.6 Å². The molecule has 2 atom stereocenters. The Balaban J connectivity index is 3.10. The second-order valence-electron chi connectivity index (χ2n) is 5.04. The molecule has 0 spiro atoms. The molecule has 0 bridgehead atoms. The predicted octanol–water partition coefficient (Wildman–Crippen LogP) is 3.03. The SMILES string of the molecule is CCOC(C(C)C)C(NC)c1ccc(OC)c(OC)c1. The van der Waals surface area contributed by atoms with Crippen LogP contribution in [0.5, 0.6) is 11.5 Å². The van der Waals surface area contributed by atoms with Gasteiger partial charge in [-0.1, -0.05) is 19.9 Å². The molecule has 0 heterocycles. The van der Waals surface area contributed by atoms with Crippen LogP contribution in [0.4, 0.5) is 0 Å². The molecule has 1 aromatic carbocycles. The molecule has 0 aliphatic rings. The molecule has 0 aromatic heterocycles. The van der Waals surface area contributed by atoms with Crippen LogP contribution in [0.2, 0.25) is 0 Å². The van der Waals surface area contributed by atoms with Gasteiger partial charge < -0.3 is 19.5 Å². The van der Waals surface area contributed by atoms with E-state index in [1.54, 1.807) is 14.2 Å². The van der Waals surface area contributed by atoms with Gasteiger partial charge in [-0.15, -0.1) is 0 Å². The summed E-state index contributed by atoms with van der Waals surface area (Å²) in [7, 11) is 5.25. The molecular weight excluding hydrogens is 254 g/mol. The summed E-state index contributed by atoms with van der Waals surface area (Å²) >= 11 is 0. The average molecular weight is 281 g/mol. The van der Waals surface area contributed by atoms with E-state index in [0.717, 1.165) is 17.1 Å². The Bertz CT molecular complexity index is 407. The maximum absolute atomic E-state index is 5.91. The molecule has 4 nitrogen and oxygen atoms in total. The third-order valence-corrected chi connectivity index (χ3v) is 3.42. The van der Waals surface area contributed by atoms with Crippen LogP contribution < -0.4 is 14.8 Å². The van der Waals surface area contributed by atoms with Gasteiger partial charge in [-0.2, -0.15) is 0 Å². The number of hydrogen-bond acceptors (Lipinski definition) is 4. The highest BCUT2D eigenvalue weighted by atomic mass is 16.5. The third kappa shape index (κ3) is 3.87. The molecule has 0 fully saturated rings. The first-order valence-electron chi connectivity index (χ1n) is 7.09. The van der Waals surface area contributed by atoms with E-state index in [-0.39, 0.29) is 12.1 Å². The molecular formula is C16H27NO3. The van der Waals surface area contributed by atoms with E-state index in [1.807, 2.05) is 26.1 Å². The quantitative estimate of drug-likeness (QED) is 0.795. The molecule has 2 unspecified atom stereocenters. The number of nitrogens with one attached hydrogen (secondary N) is 1. The highest BCUT2D eigenvalue weighted by Gasteiger charge is 2.26. The van der Waals surface area contributed by atoms with Gasteiger partial charge >= 0.3 is 0 Å². The highest BCUT2D eigenvalue weighted by Crippen LogP contribution is 2.32. The summed E-state index contributed by atoms with van der Waals surface area (Å²) in [5.41, 5.74) is 1.14. The number of likely N-dealkylation sites (N-methyl/N-ethyl adjacent to an activating group) is 1. The van der Waals surface area contributed by atoms with Crippen LogP contribution in [0.3, 0.4) is 0 Å². The molecule has 20 heavy (non-hydrogen) atoms. The Labute approximate surface area is 122 Å². The van der Waals surface area contributed by atoms with Crippen molar-refractivity contribution in [2.75, 3.05) is 27.9 Å². The number of rotatable bonds is 8. The van der Waals surface area contributed by atoms with Crippen molar-refractivity contribution in [2.45, 2.75) is 32.9 Å². The van der Waals surface area contributed by atoms with Gasteiger partial charge in [-0.3, -0.25) is 0 Å². The first kappa shape index (κ1) is 16.8. The van der Waals surface area contributed by atoms with E-state index in [1.165, 1.54) is 0 Å². The van der Waals surface area contributed by atoms with E-state index in [4.69, 9.17) is 14.2 Å².